The van der Waals surface area contributed by atoms with E-state index in [9.17, 15) is 35.4 Å². The largest absolute Gasteiger partial charge is 0.394 e. The van der Waals surface area contributed by atoms with Crippen LogP contribution in [0.2, 0.25) is 0 Å². The minimum absolute atomic E-state index is 0.280. The molecule has 1 saturated heterocycles. The second kappa shape index (κ2) is 35.8. The lowest BCUT2D eigenvalue weighted by atomic mass is 9.93. The molecule has 0 aromatic carbocycles. The van der Waals surface area contributed by atoms with E-state index in [2.05, 4.69) is 154 Å². The molecule has 60 heavy (non-hydrogen) atoms. The summed E-state index contributed by atoms with van der Waals surface area (Å²) < 4.78 is 5.50. The topological polar surface area (TPSA) is 160 Å². The van der Waals surface area contributed by atoms with Crippen LogP contribution in [0.4, 0.5) is 0 Å². The van der Waals surface area contributed by atoms with Gasteiger partial charge in [0.25, 0.3) is 5.91 Å². The van der Waals surface area contributed by atoms with Crippen LogP contribution in [0.3, 0.4) is 0 Å². The van der Waals surface area contributed by atoms with Gasteiger partial charge in [0.05, 0.1) is 18.8 Å². The summed E-state index contributed by atoms with van der Waals surface area (Å²) in [6.07, 6.45) is 6.87. The first-order valence-corrected chi connectivity index (χ1v) is 19.8. The molecule has 0 aromatic heterocycles. The van der Waals surface area contributed by atoms with Crippen LogP contribution in [-0.2, 0) is 9.53 Å². The Hall–Kier alpha value is -6.35. The van der Waals surface area contributed by atoms with Crippen LogP contribution >= 0.6 is 0 Å². The minimum atomic E-state index is -1.62. The van der Waals surface area contributed by atoms with Gasteiger partial charge in [-0.3, -0.25) is 4.79 Å². The van der Waals surface area contributed by atoms with Crippen LogP contribution < -0.4 is 5.32 Å². The highest BCUT2D eigenvalue weighted by molar-refractivity contribution is 5.94. The summed E-state index contributed by atoms with van der Waals surface area (Å²) in [7, 11) is 0. The lowest BCUT2D eigenvalue weighted by Crippen LogP contribution is -2.58. The normalized spacial score (nSPS) is 17.9. The number of aliphatic hydroxyl groups is 6. The van der Waals surface area contributed by atoms with E-state index >= 15 is 0 Å². The molecule has 0 aliphatic carbocycles. The maximum atomic E-state index is 12.7. The van der Waals surface area contributed by atoms with Crippen molar-refractivity contribution in [1.82, 2.24) is 5.32 Å². The van der Waals surface area contributed by atoms with Crippen molar-refractivity contribution in [1.29, 1.82) is 0 Å². The van der Waals surface area contributed by atoms with E-state index in [1.807, 2.05) is 0 Å². The Morgan fingerprint density at radius 2 is 0.983 bits per heavy atom. The van der Waals surface area contributed by atoms with E-state index in [1.54, 1.807) is 6.92 Å². The van der Waals surface area contributed by atoms with Gasteiger partial charge in [0, 0.05) is 41.4 Å². The zero-order chi connectivity index (χ0) is 43.9. The van der Waals surface area contributed by atoms with E-state index in [0.29, 0.717) is 6.42 Å². The third-order valence-corrected chi connectivity index (χ3v) is 8.46. The molecule has 0 radical (unpaired) electrons. The number of amides is 1. The number of carbonyl (C=O) groups excluding carboxylic acids is 1. The average molecular weight is 806 g/mol. The van der Waals surface area contributed by atoms with Crippen molar-refractivity contribution in [2.24, 2.45) is 0 Å². The van der Waals surface area contributed by atoms with Crippen molar-refractivity contribution in [2.75, 3.05) is 6.61 Å². The number of rotatable bonds is 19. The molecule has 308 valence electrons. The molecule has 0 saturated carbocycles. The van der Waals surface area contributed by atoms with Gasteiger partial charge < -0.3 is 40.7 Å². The number of ether oxygens (including phenoxy) is 1. The van der Waals surface area contributed by atoms with Gasteiger partial charge in [0.15, 0.2) is 0 Å². The molecule has 2 unspecified atom stereocenters. The summed E-state index contributed by atoms with van der Waals surface area (Å²) in [4.78, 5) is 12.7. The molecule has 1 aliphatic rings. The Bertz CT molecular complexity index is 2190. The SMILES string of the molecule is CC#CC#CC#CC#CC#CC#CC#CC#CC#CC#CC#CC#CC(=O)N[C@@H](/C=C/[C@H]1OC(CO)[C@H](O)[C@H](O)C1O)[C@H](O)[C@H](O)CCCCCCCCCCCCCC. The summed E-state index contributed by atoms with van der Waals surface area (Å²) in [5.41, 5.74) is 0. The van der Waals surface area contributed by atoms with Gasteiger partial charge in [-0.1, -0.05) is 102 Å². The summed E-state index contributed by atoms with van der Waals surface area (Å²) in [5.74, 6) is 58.6. The quantitative estimate of drug-likeness (QED) is 0.0592. The van der Waals surface area contributed by atoms with Crippen LogP contribution in [0, 0.1) is 142 Å². The molecular formula is C51H51NO8. The first kappa shape index (κ1) is 51.7. The second-order valence-electron chi connectivity index (χ2n) is 13.0. The van der Waals surface area contributed by atoms with Crippen molar-refractivity contribution >= 4 is 5.91 Å². The lowest BCUT2D eigenvalue weighted by Gasteiger charge is -2.39. The van der Waals surface area contributed by atoms with E-state index in [4.69, 9.17) is 4.74 Å². The number of carbonyl (C=O) groups is 1. The van der Waals surface area contributed by atoms with Crippen molar-refractivity contribution < 1.29 is 40.2 Å². The molecular weight excluding hydrogens is 755 g/mol. The molecule has 9 heteroatoms. The second-order valence-corrected chi connectivity index (χ2v) is 13.0. The molecule has 1 aliphatic heterocycles. The molecule has 1 fully saturated rings. The summed E-state index contributed by atoms with van der Waals surface area (Å²) in [6.45, 7) is 3.27. The Labute approximate surface area is 357 Å². The number of aliphatic hydroxyl groups excluding tert-OH is 6. The van der Waals surface area contributed by atoms with Gasteiger partial charge in [-0.15, -0.1) is 0 Å². The van der Waals surface area contributed by atoms with Gasteiger partial charge in [-0.05, 0) is 108 Å². The van der Waals surface area contributed by atoms with Crippen molar-refractivity contribution in [2.45, 2.75) is 146 Å². The van der Waals surface area contributed by atoms with E-state index in [-0.39, 0.29) is 6.42 Å². The van der Waals surface area contributed by atoms with Crippen LogP contribution in [0.5, 0.6) is 0 Å². The smallest absolute Gasteiger partial charge is 0.297 e. The molecule has 9 nitrogen and oxygen atoms in total. The number of unbranched alkanes of at least 4 members (excludes halogenated alkanes) is 11. The maximum absolute atomic E-state index is 12.7. The van der Waals surface area contributed by atoms with E-state index < -0.39 is 61.3 Å². The molecule has 1 amide bonds. The standard InChI is InChI=1S/C51H51NO8/c1-3-5-7-9-11-13-15-17-18-19-20-21-22-23-24-25-26-27-29-31-33-35-37-39-47(55)52-43(40-41-45-49(57)51(59)50(58)46(42-53)60-45)48(56)44(54)38-36-34-32-30-28-16-14-12-10-8-6-4-2/h40-41,43-46,48-51,53-54,56-59H,4,6,8,10,12,14,16,28,30,32,34,36,38,42H2,1-2H3,(H,52,55)/b41-40+/t43-,44+,45+,46?,48-,49?,50-,51+/m0/s1. The van der Waals surface area contributed by atoms with Crippen LogP contribution in [-0.4, -0.2) is 91.9 Å². The fraction of sp³-hybridized carbons (Fsp3) is 0.471. The summed E-state index contributed by atoms with van der Waals surface area (Å²) >= 11 is 0. The van der Waals surface area contributed by atoms with Gasteiger partial charge in [0.1, 0.15) is 36.6 Å². The number of nitrogens with one attached hydrogen (secondary N) is 1. The first-order chi connectivity index (χ1) is 29.3. The Balaban J connectivity index is 2.78. The van der Waals surface area contributed by atoms with Crippen LogP contribution in [0.1, 0.15) is 97.3 Å². The molecule has 1 heterocycles. The number of hydrogen-bond donors (Lipinski definition) is 7. The van der Waals surface area contributed by atoms with E-state index in [0.717, 1.165) is 19.3 Å². The number of hydrogen-bond acceptors (Lipinski definition) is 8. The molecule has 0 bridgehead atoms. The Morgan fingerprint density at radius 1 is 0.583 bits per heavy atom. The lowest BCUT2D eigenvalue weighted by molar-refractivity contribution is -0.216. The Morgan fingerprint density at radius 3 is 1.40 bits per heavy atom. The molecule has 0 aromatic rings. The van der Waals surface area contributed by atoms with E-state index in [1.165, 1.54) is 63.5 Å². The van der Waals surface area contributed by atoms with Gasteiger partial charge in [0.2, 0.25) is 0 Å². The predicted molar refractivity (Wildman–Crippen MR) is 232 cm³/mol. The third-order valence-electron chi connectivity index (χ3n) is 8.46. The average Bonchev–Trinajstić information content (AvgIpc) is 3.25. The predicted octanol–water partition coefficient (Wildman–Crippen LogP) is 1.74. The summed E-state index contributed by atoms with van der Waals surface area (Å²) in [6, 6.07) is -1.19. The van der Waals surface area contributed by atoms with Crippen LogP contribution in [0.15, 0.2) is 12.2 Å². The monoisotopic (exact) mass is 805 g/mol. The zero-order valence-electron chi connectivity index (χ0n) is 34.2. The summed E-state index contributed by atoms with van der Waals surface area (Å²) in [5, 5.41) is 64.6. The molecule has 1 rings (SSSR count). The third kappa shape index (κ3) is 25.8. The zero-order valence-corrected chi connectivity index (χ0v) is 34.2. The first-order valence-electron chi connectivity index (χ1n) is 19.8. The fourth-order valence-electron chi connectivity index (χ4n) is 5.33. The highest BCUT2D eigenvalue weighted by atomic mass is 16.5. The van der Waals surface area contributed by atoms with Crippen molar-refractivity contribution in [3.8, 4) is 142 Å². The van der Waals surface area contributed by atoms with Gasteiger partial charge in [-0.2, -0.15) is 0 Å². The van der Waals surface area contributed by atoms with Gasteiger partial charge in [-0.25, -0.2) is 0 Å². The Kier molecular flexibility index (Phi) is 30.8. The fourth-order valence-corrected chi connectivity index (χ4v) is 5.33. The van der Waals surface area contributed by atoms with Crippen molar-refractivity contribution in [3.05, 3.63) is 12.2 Å². The minimum Gasteiger partial charge on any atom is -0.394 e. The molecule has 0 spiro atoms. The highest BCUT2D eigenvalue weighted by Crippen LogP contribution is 2.22. The molecule has 8 atom stereocenters. The molecule has 7 N–H and O–H groups in total. The van der Waals surface area contributed by atoms with Crippen molar-refractivity contribution in [3.63, 3.8) is 0 Å². The highest BCUT2D eigenvalue weighted by Gasteiger charge is 2.42. The van der Waals surface area contributed by atoms with Crippen LogP contribution in [0.25, 0.3) is 0 Å². The van der Waals surface area contributed by atoms with Gasteiger partial charge >= 0.3 is 0 Å². The maximum Gasteiger partial charge on any atom is 0.297 e.